The number of carbonyl (C=O) groups excluding carboxylic acids is 1. The van der Waals surface area contributed by atoms with Crippen LogP contribution in [0.5, 0.6) is 11.5 Å². The summed E-state index contributed by atoms with van der Waals surface area (Å²) < 4.78 is 11.9. The molecule has 1 aliphatic heterocycles. The fraction of sp³-hybridized carbons (Fsp3) is 0.190. The third-order valence-corrected chi connectivity index (χ3v) is 5.11. The molecule has 0 saturated carbocycles. The van der Waals surface area contributed by atoms with Crippen LogP contribution in [0.1, 0.15) is 13.8 Å². The topological polar surface area (TPSA) is 82.5 Å². The summed E-state index contributed by atoms with van der Waals surface area (Å²) in [6.07, 6.45) is 0. The number of hydrogen-bond acceptors (Lipinski definition) is 5. The van der Waals surface area contributed by atoms with Gasteiger partial charge in [0.15, 0.2) is 11.5 Å². The van der Waals surface area contributed by atoms with E-state index in [9.17, 15) is 9.59 Å². The van der Waals surface area contributed by atoms with Gasteiger partial charge in [0.05, 0.1) is 5.69 Å². The van der Waals surface area contributed by atoms with E-state index in [2.05, 4.69) is 10.4 Å². The van der Waals surface area contributed by atoms with Gasteiger partial charge in [0, 0.05) is 27.4 Å². The van der Waals surface area contributed by atoms with Crippen LogP contribution in [0.2, 0.25) is 10.0 Å². The van der Waals surface area contributed by atoms with Gasteiger partial charge in [0.25, 0.3) is 11.5 Å². The molecule has 9 heteroatoms. The van der Waals surface area contributed by atoms with E-state index >= 15 is 0 Å². The molecule has 0 bridgehead atoms. The van der Waals surface area contributed by atoms with Crippen molar-refractivity contribution in [2.24, 2.45) is 0 Å². The second-order valence-electron chi connectivity index (χ2n) is 7.21. The molecule has 0 spiro atoms. The number of aromatic nitrogens is 2. The van der Waals surface area contributed by atoms with Gasteiger partial charge < -0.3 is 14.8 Å². The number of ether oxygens (including phenoxy) is 2. The number of hydrogen-bond donors (Lipinski definition) is 1. The zero-order chi connectivity index (χ0) is 21.5. The van der Waals surface area contributed by atoms with Gasteiger partial charge in [-0.3, -0.25) is 9.59 Å². The third-order valence-electron chi connectivity index (χ3n) is 4.67. The molecule has 1 aliphatic rings. The number of fused-ring (bicyclic) bond motifs is 1. The zero-order valence-corrected chi connectivity index (χ0v) is 17.6. The van der Waals surface area contributed by atoms with Crippen molar-refractivity contribution in [1.82, 2.24) is 9.78 Å². The second-order valence-corrected chi connectivity index (χ2v) is 8.08. The third kappa shape index (κ3) is 3.86. The van der Waals surface area contributed by atoms with Crippen LogP contribution in [-0.4, -0.2) is 22.5 Å². The Morgan fingerprint density at radius 3 is 2.47 bits per heavy atom. The molecule has 0 saturated heterocycles. The van der Waals surface area contributed by atoms with Crippen LogP contribution in [0.4, 0.5) is 5.69 Å². The highest BCUT2D eigenvalue weighted by Crippen LogP contribution is 2.35. The van der Waals surface area contributed by atoms with Crippen LogP contribution in [-0.2, 0) is 10.3 Å². The molecule has 0 atom stereocenters. The quantitative estimate of drug-likeness (QED) is 0.646. The lowest BCUT2D eigenvalue weighted by Gasteiger charge is -2.25. The SMILES string of the molecule is CC(C)(C(=O)Nc1cc(Cl)cc(Cl)c1)n1nc(-c2ccc3c(c2)OCO3)ccc1=O. The van der Waals surface area contributed by atoms with Crippen molar-refractivity contribution in [3.63, 3.8) is 0 Å². The molecular formula is C21H17Cl2N3O4. The normalized spacial score (nSPS) is 12.7. The highest BCUT2D eigenvalue weighted by Gasteiger charge is 2.32. The number of amides is 1. The van der Waals surface area contributed by atoms with Crippen LogP contribution in [0, 0.1) is 0 Å². The van der Waals surface area contributed by atoms with E-state index in [0.717, 1.165) is 10.2 Å². The van der Waals surface area contributed by atoms with Gasteiger partial charge >= 0.3 is 0 Å². The molecule has 4 rings (SSSR count). The van der Waals surface area contributed by atoms with Crippen molar-refractivity contribution in [3.8, 4) is 22.8 Å². The number of nitrogens with one attached hydrogen (secondary N) is 1. The van der Waals surface area contributed by atoms with Gasteiger partial charge in [-0.2, -0.15) is 5.10 Å². The summed E-state index contributed by atoms with van der Waals surface area (Å²) >= 11 is 12.0. The standard InChI is InChI=1S/C21H17Cl2N3O4/c1-21(2,20(28)24-15-9-13(22)8-14(23)10-15)26-19(27)6-4-16(25-26)12-3-5-17-18(7-12)30-11-29-17/h3-10H,11H2,1-2H3,(H,24,28). The Bertz CT molecular complexity index is 1190. The van der Waals surface area contributed by atoms with Gasteiger partial charge in [0.2, 0.25) is 6.79 Å². The molecule has 0 unspecified atom stereocenters. The minimum absolute atomic E-state index is 0.159. The predicted octanol–water partition coefficient (Wildman–Crippen LogP) is 4.32. The van der Waals surface area contributed by atoms with Crippen LogP contribution < -0.4 is 20.3 Å². The molecule has 2 aromatic carbocycles. The molecule has 0 radical (unpaired) electrons. The van der Waals surface area contributed by atoms with Crippen LogP contribution in [0.25, 0.3) is 11.3 Å². The summed E-state index contributed by atoms with van der Waals surface area (Å²) in [5.41, 5.74) is -0.0437. The first-order valence-electron chi connectivity index (χ1n) is 9.02. The fourth-order valence-electron chi connectivity index (χ4n) is 3.03. The van der Waals surface area contributed by atoms with Crippen molar-refractivity contribution in [2.75, 3.05) is 12.1 Å². The van der Waals surface area contributed by atoms with Crippen LogP contribution >= 0.6 is 23.2 Å². The number of benzene rings is 2. The van der Waals surface area contributed by atoms with E-state index in [4.69, 9.17) is 32.7 Å². The van der Waals surface area contributed by atoms with Crippen molar-refractivity contribution in [3.05, 3.63) is 68.9 Å². The minimum Gasteiger partial charge on any atom is -0.454 e. The molecular weight excluding hydrogens is 429 g/mol. The van der Waals surface area contributed by atoms with Crippen molar-refractivity contribution < 1.29 is 14.3 Å². The average Bonchev–Trinajstić information content (AvgIpc) is 3.15. The summed E-state index contributed by atoms with van der Waals surface area (Å²) in [4.78, 5) is 25.5. The number of anilines is 1. The minimum atomic E-state index is -1.29. The van der Waals surface area contributed by atoms with E-state index in [1.807, 2.05) is 6.07 Å². The lowest BCUT2D eigenvalue weighted by molar-refractivity contribution is -0.123. The largest absolute Gasteiger partial charge is 0.454 e. The highest BCUT2D eigenvalue weighted by atomic mass is 35.5. The number of rotatable bonds is 4. The maximum atomic E-state index is 13.0. The molecule has 154 valence electrons. The molecule has 1 aromatic heterocycles. The Hall–Kier alpha value is -3.03. The van der Waals surface area contributed by atoms with Crippen LogP contribution in [0.3, 0.4) is 0 Å². The lowest BCUT2D eigenvalue weighted by Crippen LogP contribution is -2.47. The molecule has 3 aromatic rings. The Kier molecular flexibility index (Phi) is 5.17. The molecule has 0 fully saturated rings. The molecule has 2 heterocycles. The molecule has 30 heavy (non-hydrogen) atoms. The molecule has 0 aliphatic carbocycles. The Labute approximate surface area is 182 Å². The van der Waals surface area contributed by atoms with E-state index in [0.29, 0.717) is 32.9 Å². The van der Waals surface area contributed by atoms with E-state index in [-0.39, 0.29) is 6.79 Å². The summed E-state index contributed by atoms with van der Waals surface area (Å²) in [6.45, 7) is 3.37. The zero-order valence-electron chi connectivity index (χ0n) is 16.1. The van der Waals surface area contributed by atoms with Gasteiger partial charge in [0.1, 0.15) is 5.54 Å². The predicted molar refractivity (Wildman–Crippen MR) is 114 cm³/mol. The van der Waals surface area contributed by atoms with E-state index < -0.39 is 17.0 Å². The first-order chi connectivity index (χ1) is 14.2. The fourth-order valence-corrected chi connectivity index (χ4v) is 3.55. The smallest absolute Gasteiger partial charge is 0.267 e. The Balaban J connectivity index is 1.67. The summed E-state index contributed by atoms with van der Waals surface area (Å²) in [5, 5.41) is 7.94. The monoisotopic (exact) mass is 445 g/mol. The number of halogens is 2. The average molecular weight is 446 g/mol. The van der Waals surface area contributed by atoms with Crippen LogP contribution in [0.15, 0.2) is 53.3 Å². The summed E-state index contributed by atoms with van der Waals surface area (Å²) in [7, 11) is 0. The second kappa shape index (κ2) is 7.66. The molecule has 1 N–H and O–H groups in total. The highest BCUT2D eigenvalue weighted by molar-refractivity contribution is 6.35. The summed E-state index contributed by atoms with van der Waals surface area (Å²) in [6, 6.07) is 13.0. The van der Waals surface area contributed by atoms with E-state index in [1.54, 1.807) is 50.2 Å². The maximum absolute atomic E-state index is 13.0. The van der Waals surface area contributed by atoms with Gasteiger partial charge in [-0.15, -0.1) is 0 Å². The maximum Gasteiger partial charge on any atom is 0.267 e. The number of nitrogens with zero attached hydrogens (tertiary/aromatic N) is 2. The Morgan fingerprint density at radius 1 is 1.03 bits per heavy atom. The molecule has 1 amide bonds. The first kappa shape index (κ1) is 20.3. The van der Waals surface area contributed by atoms with Crippen molar-refractivity contribution in [2.45, 2.75) is 19.4 Å². The van der Waals surface area contributed by atoms with Crippen molar-refractivity contribution >= 4 is 34.8 Å². The van der Waals surface area contributed by atoms with Gasteiger partial charge in [-0.25, -0.2) is 4.68 Å². The Morgan fingerprint density at radius 2 is 1.73 bits per heavy atom. The van der Waals surface area contributed by atoms with E-state index in [1.165, 1.54) is 6.07 Å². The lowest BCUT2D eigenvalue weighted by atomic mass is 10.0. The molecule has 7 nitrogen and oxygen atoms in total. The number of carbonyl (C=O) groups is 1. The van der Waals surface area contributed by atoms with Gasteiger partial charge in [-0.1, -0.05) is 23.2 Å². The summed E-state index contributed by atoms with van der Waals surface area (Å²) in [5.74, 6) is 0.798. The van der Waals surface area contributed by atoms with Crippen molar-refractivity contribution in [1.29, 1.82) is 0 Å². The van der Waals surface area contributed by atoms with Gasteiger partial charge in [-0.05, 0) is 56.3 Å². The first-order valence-corrected chi connectivity index (χ1v) is 9.78.